The van der Waals surface area contributed by atoms with Gasteiger partial charge in [-0.15, -0.1) is 0 Å². The molecule has 9 atom stereocenters. The average molecular weight is 393 g/mol. The Labute approximate surface area is 167 Å². The zero-order chi connectivity index (χ0) is 19.7. The molecular weight excluding hydrogens is 356 g/mol. The molecule has 1 saturated heterocycles. The molecule has 4 saturated carbocycles. The van der Waals surface area contributed by atoms with Gasteiger partial charge in [0, 0.05) is 12.5 Å². The van der Waals surface area contributed by atoms with Gasteiger partial charge in [0.25, 0.3) is 0 Å². The van der Waals surface area contributed by atoms with Gasteiger partial charge in [-0.1, -0.05) is 6.92 Å². The van der Waals surface area contributed by atoms with Crippen molar-refractivity contribution >= 4 is 5.97 Å². The summed E-state index contributed by atoms with van der Waals surface area (Å²) >= 11 is 0. The summed E-state index contributed by atoms with van der Waals surface area (Å²) in [6, 6.07) is 0. The Bertz CT molecular complexity index is 651. The van der Waals surface area contributed by atoms with Crippen molar-refractivity contribution in [2.75, 3.05) is 13.2 Å². The normalized spacial score (nSPS) is 55.9. The standard InChI is InChI=1S/C23H36O5/c1-21-7-5-18-19(3-2-15-11-16(25)4-8-22(15,18)13-24)23(21,27)9-6-17(21)14-10-20(26)28-12-14/h14-19,24-25,27H,2-13H2,1H3/t14-,15-,16-,17+,18-,19+,21+,22+,23-/m0/s1. The third kappa shape index (κ3) is 2.39. The fourth-order valence-corrected chi connectivity index (χ4v) is 8.90. The molecule has 0 amide bonds. The van der Waals surface area contributed by atoms with E-state index in [0.717, 1.165) is 57.8 Å². The van der Waals surface area contributed by atoms with Crippen LogP contribution in [0.15, 0.2) is 0 Å². The van der Waals surface area contributed by atoms with Gasteiger partial charge in [-0.25, -0.2) is 0 Å². The lowest BCUT2D eigenvalue weighted by atomic mass is 9.42. The van der Waals surface area contributed by atoms with Gasteiger partial charge in [-0.3, -0.25) is 4.79 Å². The molecule has 1 heterocycles. The van der Waals surface area contributed by atoms with E-state index in [-0.39, 0.29) is 41.3 Å². The highest BCUT2D eigenvalue weighted by Gasteiger charge is 2.68. The second kappa shape index (κ2) is 6.42. The maximum atomic E-state index is 12.2. The van der Waals surface area contributed by atoms with Crippen LogP contribution in [0.4, 0.5) is 0 Å². The van der Waals surface area contributed by atoms with Crippen LogP contribution in [0.2, 0.25) is 0 Å². The molecule has 158 valence electrons. The van der Waals surface area contributed by atoms with Crippen molar-refractivity contribution in [1.29, 1.82) is 0 Å². The summed E-state index contributed by atoms with van der Waals surface area (Å²) in [5, 5.41) is 32.9. The predicted octanol–water partition coefficient (Wildman–Crippen LogP) is 2.66. The molecule has 0 aromatic carbocycles. The first-order valence-corrected chi connectivity index (χ1v) is 11.5. The maximum Gasteiger partial charge on any atom is 0.306 e. The summed E-state index contributed by atoms with van der Waals surface area (Å²) < 4.78 is 5.28. The average Bonchev–Trinajstić information content (AvgIpc) is 3.22. The van der Waals surface area contributed by atoms with E-state index >= 15 is 0 Å². The highest BCUT2D eigenvalue weighted by Crippen LogP contribution is 2.70. The summed E-state index contributed by atoms with van der Waals surface area (Å²) in [5.74, 6) is 1.47. The highest BCUT2D eigenvalue weighted by molar-refractivity contribution is 5.71. The van der Waals surface area contributed by atoms with Crippen molar-refractivity contribution in [3.05, 3.63) is 0 Å². The van der Waals surface area contributed by atoms with Gasteiger partial charge < -0.3 is 20.1 Å². The molecule has 5 heteroatoms. The number of hydrogen-bond acceptors (Lipinski definition) is 5. The third-order valence-electron chi connectivity index (χ3n) is 10.3. The van der Waals surface area contributed by atoms with Crippen molar-refractivity contribution in [1.82, 2.24) is 0 Å². The molecule has 1 aliphatic heterocycles. The molecule has 0 aromatic heterocycles. The fraction of sp³-hybridized carbons (Fsp3) is 0.957. The van der Waals surface area contributed by atoms with E-state index in [2.05, 4.69) is 6.92 Å². The summed E-state index contributed by atoms with van der Waals surface area (Å²) in [6.07, 6.45) is 8.57. The van der Waals surface area contributed by atoms with E-state index in [1.807, 2.05) is 0 Å². The Morgan fingerprint density at radius 2 is 1.82 bits per heavy atom. The lowest BCUT2D eigenvalue weighted by Crippen LogP contribution is -2.64. The van der Waals surface area contributed by atoms with Crippen molar-refractivity contribution in [2.24, 2.45) is 40.4 Å². The number of carbonyl (C=O) groups excluding carboxylic acids is 1. The van der Waals surface area contributed by atoms with E-state index in [4.69, 9.17) is 4.74 Å². The van der Waals surface area contributed by atoms with Gasteiger partial charge in [0.1, 0.15) is 0 Å². The number of fused-ring (bicyclic) bond motifs is 5. The first kappa shape index (κ1) is 19.3. The molecule has 5 rings (SSSR count). The number of cyclic esters (lactones) is 1. The lowest BCUT2D eigenvalue weighted by Gasteiger charge is -2.64. The molecule has 0 spiro atoms. The highest BCUT2D eigenvalue weighted by atomic mass is 16.5. The minimum Gasteiger partial charge on any atom is -0.465 e. The number of ether oxygens (including phenoxy) is 1. The van der Waals surface area contributed by atoms with Crippen LogP contribution < -0.4 is 0 Å². The zero-order valence-electron chi connectivity index (χ0n) is 17.1. The van der Waals surface area contributed by atoms with E-state index in [9.17, 15) is 20.1 Å². The van der Waals surface area contributed by atoms with Crippen molar-refractivity contribution in [3.8, 4) is 0 Å². The van der Waals surface area contributed by atoms with Crippen LogP contribution in [-0.4, -0.2) is 46.2 Å². The maximum absolute atomic E-state index is 12.2. The number of aliphatic hydroxyl groups is 3. The van der Waals surface area contributed by atoms with Crippen LogP contribution in [0.25, 0.3) is 0 Å². The van der Waals surface area contributed by atoms with Crippen LogP contribution >= 0.6 is 0 Å². The van der Waals surface area contributed by atoms with Gasteiger partial charge in [0.2, 0.25) is 0 Å². The molecule has 5 aliphatic rings. The molecule has 3 N–H and O–H groups in total. The second-order valence-electron chi connectivity index (χ2n) is 11.0. The minimum atomic E-state index is -0.699. The molecular formula is C23H36O5. The van der Waals surface area contributed by atoms with E-state index in [1.54, 1.807) is 0 Å². The predicted molar refractivity (Wildman–Crippen MR) is 103 cm³/mol. The summed E-state index contributed by atoms with van der Waals surface area (Å²) in [5.41, 5.74) is -0.983. The summed E-state index contributed by atoms with van der Waals surface area (Å²) in [4.78, 5) is 11.7. The Kier molecular flexibility index (Phi) is 4.43. The van der Waals surface area contributed by atoms with E-state index in [1.165, 1.54) is 0 Å². The summed E-state index contributed by atoms with van der Waals surface area (Å²) in [7, 11) is 0. The second-order valence-corrected chi connectivity index (χ2v) is 11.0. The number of aliphatic hydroxyl groups excluding tert-OH is 2. The lowest BCUT2D eigenvalue weighted by molar-refractivity contribution is -0.223. The Morgan fingerprint density at radius 3 is 2.54 bits per heavy atom. The number of hydrogen-bond donors (Lipinski definition) is 3. The molecule has 0 radical (unpaired) electrons. The van der Waals surface area contributed by atoms with Gasteiger partial charge in [0.05, 0.1) is 24.7 Å². The molecule has 0 unspecified atom stereocenters. The smallest absolute Gasteiger partial charge is 0.306 e. The molecule has 4 aliphatic carbocycles. The monoisotopic (exact) mass is 392 g/mol. The SMILES string of the molecule is C[C@]12CC[C@H]3[C@@H](CC[C@H]4C[C@@H](O)CC[C@@]43CO)[C@@]1(O)CC[C@@H]2[C@@H]1COC(=O)C1. The van der Waals surface area contributed by atoms with Crippen molar-refractivity contribution in [2.45, 2.75) is 82.8 Å². The van der Waals surface area contributed by atoms with Gasteiger partial charge >= 0.3 is 5.97 Å². The third-order valence-corrected chi connectivity index (χ3v) is 10.3. The minimum absolute atomic E-state index is 0.0850. The Morgan fingerprint density at radius 1 is 1.04 bits per heavy atom. The zero-order valence-corrected chi connectivity index (χ0v) is 17.1. The number of rotatable bonds is 2. The van der Waals surface area contributed by atoms with Crippen LogP contribution in [0.5, 0.6) is 0 Å². The van der Waals surface area contributed by atoms with Crippen LogP contribution in [0.3, 0.4) is 0 Å². The van der Waals surface area contributed by atoms with Crippen LogP contribution in [0.1, 0.15) is 71.1 Å². The number of carbonyl (C=O) groups is 1. The molecule has 28 heavy (non-hydrogen) atoms. The van der Waals surface area contributed by atoms with E-state index < -0.39 is 5.60 Å². The molecule has 5 nitrogen and oxygen atoms in total. The van der Waals surface area contributed by atoms with Gasteiger partial charge in [0.15, 0.2) is 0 Å². The molecule has 0 aromatic rings. The molecule has 5 fully saturated rings. The fourth-order valence-electron chi connectivity index (χ4n) is 8.90. The summed E-state index contributed by atoms with van der Waals surface area (Å²) in [6.45, 7) is 2.97. The first-order valence-electron chi connectivity index (χ1n) is 11.5. The topological polar surface area (TPSA) is 87.0 Å². The van der Waals surface area contributed by atoms with Crippen LogP contribution in [0, 0.1) is 40.4 Å². The van der Waals surface area contributed by atoms with Crippen molar-refractivity contribution < 1.29 is 24.9 Å². The quantitative estimate of drug-likeness (QED) is 0.629. The number of esters is 1. The van der Waals surface area contributed by atoms with Crippen molar-refractivity contribution in [3.63, 3.8) is 0 Å². The van der Waals surface area contributed by atoms with E-state index in [0.29, 0.717) is 30.8 Å². The van der Waals surface area contributed by atoms with Crippen LogP contribution in [-0.2, 0) is 9.53 Å². The first-order chi connectivity index (χ1) is 13.3. The largest absolute Gasteiger partial charge is 0.465 e. The molecule has 0 bridgehead atoms. The van der Waals surface area contributed by atoms with Gasteiger partial charge in [-0.05, 0) is 92.3 Å². The Hall–Kier alpha value is -0.650. The Balaban J connectivity index is 1.46. The van der Waals surface area contributed by atoms with Gasteiger partial charge in [-0.2, -0.15) is 0 Å².